The molecule has 0 aromatic carbocycles. The zero-order valence-electron chi connectivity index (χ0n) is 8.80. The number of ether oxygens (including phenoxy) is 2. The maximum absolute atomic E-state index is 4.89. The molecule has 0 bridgehead atoms. The molecule has 1 rings (SSSR count). The van der Waals surface area contributed by atoms with Gasteiger partial charge in [-0.2, -0.15) is 0 Å². The molecule has 1 unspecified atom stereocenters. The van der Waals surface area contributed by atoms with E-state index in [9.17, 15) is 0 Å². The molecule has 0 aromatic heterocycles. The zero-order chi connectivity index (χ0) is 9.40. The number of methoxy groups -OCH3 is 1. The van der Waals surface area contributed by atoms with Crippen LogP contribution in [0.2, 0.25) is 0 Å². The van der Waals surface area contributed by atoms with Crippen LogP contribution >= 0.6 is 0 Å². The van der Waals surface area contributed by atoms with E-state index in [0.717, 1.165) is 31.7 Å². The highest BCUT2D eigenvalue weighted by atomic mass is 16.5. The summed E-state index contributed by atoms with van der Waals surface area (Å²) in [6.07, 6.45) is 1.22. The van der Waals surface area contributed by atoms with Crippen molar-refractivity contribution in [3.8, 4) is 0 Å². The first-order valence-corrected chi connectivity index (χ1v) is 4.77. The molecule has 2 nitrogen and oxygen atoms in total. The van der Waals surface area contributed by atoms with Gasteiger partial charge in [0.05, 0.1) is 13.2 Å². The molecule has 1 aliphatic rings. The van der Waals surface area contributed by atoms with Gasteiger partial charge in [0.2, 0.25) is 0 Å². The smallest absolute Gasteiger partial charge is 0.0513 e. The quantitative estimate of drug-likeness (QED) is 0.654. The van der Waals surface area contributed by atoms with Crippen LogP contribution in [0.25, 0.3) is 0 Å². The van der Waals surface area contributed by atoms with Gasteiger partial charge in [0.15, 0.2) is 0 Å². The fraction of sp³-hybridized carbons (Fsp3) is 1.00. The molecular weight excluding hydrogens is 152 g/mol. The van der Waals surface area contributed by atoms with E-state index in [-0.39, 0.29) is 0 Å². The van der Waals surface area contributed by atoms with Gasteiger partial charge in [-0.25, -0.2) is 0 Å². The summed E-state index contributed by atoms with van der Waals surface area (Å²) in [6.45, 7) is 9.41. The molecule has 0 spiro atoms. The van der Waals surface area contributed by atoms with Crippen molar-refractivity contribution in [1.82, 2.24) is 0 Å². The summed E-state index contributed by atoms with van der Waals surface area (Å²) in [7, 11) is 1.74. The van der Waals surface area contributed by atoms with Crippen molar-refractivity contribution in [3.05, 3.63) is 0 Å². The van der Waals surface area contributed by atoms with Crippen LogP contribution in [0.5, 0.6) is 0 Å². The standard InChI is InChI=1S/C6H14O.C4H8O/c1-4-6(2)5-7-3;1-4-2-5-3-4/h6H,4-5H2,1-3H3;4H,2-3H2,1H3. The highest BCUT2D eigenvalue weighted by Gasteiger charge is 2.09. The normalized spacial score (nSPS) is 19.0. The fourth-order valence-corrected chi connectivity index (χ4v) is 0.756. The molecule has 0 aromatic rings. The van der Waals surface area contributed by atoms with Crippen molar-refractivity contribution in [1.29, 1.82) is 0 Å². The van der Waals surface area contributed by atoms with E-state index in [4.69, 9.17) is 9.47 Å². The highest BCUT2D eigenvalue weighted by molar-refractivity contribution is 4.56. The summed E-state index contributed by atoms with van der Waals surface area (Å²) in [5, 5.41) is 0. The lowest BCUT2D eigenvalue weighted by atomic mass is 10.1. The molecule has 1 heterocycles. The summed E-state index contributed by atoms with van der Waals surface area (Å²) in [5.41, 5.74) is 0. The molecule has 0 amide bonds. The summed E-state index contributed by atoms with van der Waals surface area (Å²) < 4.78 is 9.73. The van der Waals surface area contributed by atoms with Gasteiger partial charge in [-0.1, -0.05) is 27.2 Å². The molecule has 12 heavy (non-hydrogen) atoms. The largest absolute Gasteiger partial charge is 0.384 e. The van der Waals surface area contributed by atoms with Gasteiger partial charge in [0, 0.05) is 19.6 Å². The predicted molar refractivity (Wildman–Crippen MR) is 51.3 cm³/mol. The Balaban J connectivity index is 0.000000211. The minimum atomic E-state index is 0.727. The Hall–Kier alpha value is -0.0800. The van der Waals surface area contributed by atoms with Gasteiger partial charge in [-0.05, 0) is 5.92 Å². The maximum atomic E-state index is 4.89. The average Bonchev–Trinajstić information content (AvgIpc) is 2.02. The third-order valence-corrected chi connectivity index (χ3v) is 1.95. The Morgan fingerprint density at radius 1 is 1.50 bits per heavy atom. The van der Waals surface area contributed by atoms with E-state index in [0.29, 0.717) is 0 Å². The van der Waals surface area contributed by atoms with E-state index in [1.807, 2.05) is 0 Å². The lowest BCUT2D eigenvalue weighted by Gasteiger charge is -2.20. The van der Waals surface area contributed by atoms with Gasteiger partial charge in [0.25, 0.3) is 0 Å². The van der Waals surface area contributed by atoms with Crippen LogP contribution in [0.4, 0.5) is 0 Å². The summed E-state index contributed by atoms with van der Waals surface area (Å²) in [4.78, 5) is 0. The van der Waals surface area contributed by atoms with Crippen LogP contribution in [0.1, 0.15) is 27.2 Å². The number of hydrogen-bond acceptors (Lipinski definition) is 2. The molecular formula is C10H22O2. The third kappa shape index (κ3) is 6.62. The molecule has 0 aliphatic carbocycles. The molecule has 2 heteroatoms. The van der Waals surface area contributed by atoms with Crippen molar-refractivity contribution < 1.29 is 9.47 Å². The molecule has 1 aliphatic heterocycles. The minimum absolute atomic E-state index is 0.727. The zero-order valence-corrected chi connectivity index (χ0v) is 8.80. The van der Waals surface area contributed by atoms with Crippen molar-refractivity contribution >= 4 is 0 Å². The molecule has 0 radical (unpaired) electrons. The van der Waals surface area contributed by atoms with Crippen molar-refractivity contribution in [3.63, 3.8) is 0 Å². The topological polar surface area (TPSA) is 18.5 Å². The number of rotatable bonds is 3. The van der Waals surface area contributed by atoms with Crippen LogP contribution in [-0.4, -0.2) is 26.9 Å². The second-order valence-electron chi connectivity index (χ2n) is 3.61. The van der Waals surface area contributed by atoms with Gasteiger partial charge in [0.1, 0.15) is 0 Å². The van der Waals surface area contributed by atoms with E-state index < -0.39 is 0 Å². The molecule has 1 atom stereocenters. The van der Waals surface area contributed by atoms with Crippen molar-refractivity contribution in [2.75, 3.05) is 26.9 Å². The van der Waals surface area contributed by atoms with Crippen LogP contribution in [0, 0.1) is 11.8 Å². The van der Waals surface area contributed by atoms with Crippen LogP contribution in [-0.2, 0) is 9.47 Å². The SMILES string of the molecule is CC1COC1.CCC(C)COC. The minimum Gasteiger partial charge on any atom is -0.384 e. The average molecular weight is 174 g/mol. The molecule has 1 fully saturated rings. The van der Waals surface area contributed by atoms with Gasteiger partial charge in [-0.3, -0.25) is 0 Å². The first-order valence-electron chi connectivity index (χ1n) is 4.77. The predicted octanol–water partition coefficient (Wildman–Crippen LogP) is 2.33. The Labute approximate surface area is 76.3 Å². The first kappa shape index (κ1) is 11.9. The Morgan fingerprint density at radius 2 is 2.00 bits per heavy atom. The highest BCUT2D eigenvalue weighted by Crippen LogP contribution is 2.05. The van der Waals surface area contributed by atoms with Crippen LogP contribution in [0.15, 0.2) is 0 Å². The lowest BCUT2D eigenvalue weighted by Crippen LogP contribution is -2.23. The van der Waals surface area contributed by atoms with Crippen molar-refractivity contribution in [2.45, 2.75) is 27.2 Å². The number of hydrogen-bond donors (Lipinski definition) is 0. The Kier molecular flexibility index (Phi) is 7.51. The summed E-state index contributed by atoms with van der Waals surface area (Å²) >= 11 is 0. The first-order chi connectivity index (χ1) is 5.70. The molecule has 74 valence electrons. The van der Waals surface area contributed by atoms with Crippen molar-refractivity contribution in [2.24, 2.45) is 11.8 Å². The maximum Gasteiger partial charge on any atom is 0.0513 e. The monoisotopic (exact) mass is 174 g/mol. The van der Waals surface area contributed by atoms with Gasteiger partial charge >= 0.3 is 0 Å². The molecule has 1 saturated heterocycles. The van der Waals surface area contributed by atoms with E-state index >= 15 is 0 Å². The van der Waals surface area contributed by atoms with Crippen LogP contribution < -0.4 is 0 Å². The van der Waals surface area contributed by atoms with E-state index in [1.54, 1.807) is 7.11 Å². The molecule has 0 N–H and O–H groups in total. The van der Waals surface area contributed by atoms with E-state index in [2.05, 4.69) is 20.8 Å². The van der Waals surface area contributed by atoms with E-state index in [1.165, 1.54) is 6.42 Å². The second-order valence-corrected chi connectivity index (χ2v) is 3.61. The van der Waals surface area contributed by atoms with Gasteiger partial charge < -0.3 is 9.47 Å². The second kappa shape index (κ2) is 7.56. The third-order valence-electron chi connectivity index (χ3n) is 1.95. The molecule has 0 saturated carbocycles. The fourth-order valence-electron chi connectivity index (χ4n) is 0.756. The summed E-state index contributed by atoms with van der Waals surface area (Å²) in [6, 6.07) is 0. The Morgan fingerprint density at radius 3 is 2.08 bits per heavy atom. The van der Waals surface area contributed by atoms with Crippen LogP contribution in [0.3, 0.4) is 0 Å². The summed E-state index contributed by atoms with van der Waals surface area (Å²) in [5.74, 6) is 1.57. The Bertz CT molecular complexity index is 89.8. The lowest BCUT2D eigenvalue weighted by molar-refractivity contribution is -0.0221. The van der Waals surface area contributed by atoms with Gasteiger partial charge in [-0.15, -0.1) is 0 Å².